The fourth-order valence-corrected chi connectivity index (χ4v) is 13.7. The van der Waals surface area contributed by atoms with Crippen LogP contribution in [-0.4, -0.2) is 15.0 Å². The highest BCUT2D eigenvalue weighted by Gasteiger charge is 2.51. The van der Waals surface area contributed by atoms with Crippen LogP contribution in [0, 0.1) is 0 Å². The van der Waals surface area contributed by atoms with Crippen molar-refractivity contribution in [2.24, 2.45) is 0 Å². The minimum absolute atomic E-state index is 0.353. The third-order valence-electron chi connectivity index (χ3n) is 15.8. The summed E-state index contributed by atoms with van der Waals surface area (Å²) in [5.74, 6) is 1.83. The summed E-state index contributed by atoms with van der Waals surface area (Å²) in [6, 6.07) is 89.8. The van der Waals surface area contributed by atoms with Gasteiger partial charge in [0.05, 0.1) is 5.41 Å². The van der Waals surface area contributed by atoms with Gasteiger partial charge in [-0.05, 0) is 120 Å². The molecule has 2 aliphatic rings. The summed E-state index contributed by atoms with van der Waals surface area (Å²) in [6.07, 6.45) is 0. The Labute approximate surface area is 436 Å². The highest BCUT2D eigenvalue weighted by atomic mass is 32.1. The highest BCUT2D eigenvalue weighted by Crippen LogP contribution is 2.63. The maximum atomic E-state index is 6.63. The molecule has 0 N–H and O–H groups in total. The van der Waals surface area contributed by atoms with Gasteiger partial charge in [0.25, 0.3) is 0 Å². The summed E-state index contributed by atoms with van der Waals surface area (Å²) in [7, 11) is 0. The number of thiophene rings is 1. The van der Waals surface area contributed by atoms with E-state index < -0.39 is 0 Å². The van der Waals surface area contributed by atoms with Crippen LogP contribution in [0.1, 0.15) is 22.3 Å². The van der Waals surface area contributed by atoms with Crippen molar-refractivity contribution < 1.29 is 4.42 Å². The maximum absolute atomic E-state index is 6.63. The van der Waals surface area contributed by atoms with Crippen molar-refractivity contribution in [1.82, 2.24) is 15.0 Å². The molecule has 3 heterocycles. The molecule has 11 aromatic carbocycles. The third kappa shape index (κ3) is 6.26. The quantitative estimate of drug-likeness (QED) is 0.167. The van der Waals surface area contributed by atoms with Crippen LogP contribution in [0.2, 0.25) is 0 Å². The number of rotatable bonds is 6. The Morgan fingerprint density at radius 1 is 0.293 bits per heavy atom. The molecule has 0 saturated carbocycles. The normalized spacial score (nSPS) is 12.9. The SMILES string of the molecule is c1ccc(-c2cccc(-c3nc(-c4cccc5c4sc4ccccc45)nc(-c4cccc5oc6ccc(-c7ccc(-c8ccc9c(c8)-c8ccccc8C98c9ccccc9-c9ccccc98)cc7)cc6c45)n3)c2)cc1. The minimum atomic E-state index is -0.353. The van der Waals surface area contributed by atoms with Gasteiger partial charge in [-0.15, -0.1) is 11.3 Å². The van der Waals surface area contributed by atoms with Crippen molar-refractivity contribution in [3.8, 4) is 89.8 Å². The molecule has 16 rings (SSSR count). The Balaban J connectivity index is 0.805. The Bertz CT molecular complexity index is 4620. The van der Waals surface area contributed by atoms with Crippen molar-refractivity contribution in [2.75, 3.05) is 0 Å². The standard InChI is InChI=1S/C70H41N3OS/c1-2-15-42(16-3-1)45-17-12-18-48(39-45)67-71-68(73-69(72-67)55-25-13-23-53-52-22-7-11-30-64(52)75-66(53)55)54-24-14-29-63-65(54)57-41-47(36-38-62(57)74-63)44-33-31-43(32-34-44)46-35-37-61-56(40-46)51-21-6-10-28-60(51)70(61)58-26-8-4-19-49(58)50-20-5-9-27-59(50)70/h1-41H. The Hall–Kier alpha value is -9.55. The van der Waals surface area contributed by atoms with Gasteiger partial charge < -0.3 is 4.42 Å². The van der Waals surface area contributed by atoms with E-state index in [-0.39, 0.29) is 5.41 Å². The zero-order valence-electron chi connectivity index (χ0n) is 40.3. The molecule has 0 saturated heterocycles. The monoisotopic (exact) mass is 971 g/mol. The lowest BCUT2D eigenvalue weighted by atomic mass is 9.70. The van der Waals surface area contributed by atoms with E-state index in [1.165, 1.54) is 71.1 Å². The predicted octanol–water partition coefficient (Wildman–Crippen LogP) is 18.5. The van der Waals surface area contributed by atoms with E-state index >= 15 is 0 Å². The molecule has 1 spiro atoms. The average Bonchev–Trinajstić information content (AvgIpc) is 4.25. The van der Waals surface area contributed by atoms with Gasteiger partial charge in [0.15, 0.2) is 17.5 Å². The number of hydrogen-bond donors (Lipinski definition) is 0. The van der Waals surface area contributed by atoms with Crippen LogP contribution in [0.5, 0.6) is 0 Å². The van der Waals surface area contributed by atoms with Crippen molar-refractivity contribution in [3.05, 3.63) is 271 Å². The van der Waals surface area contributed by atoms with Gasteiger partial charge in [-0.1, -0.05) is 206 Å². The van der Waals surface area contributed by atoms with Crippen molar-refractivity contribution >= 4 is 53.4 Å². The summed E-state index contributed by atoms with van der Waals surface area (Å²) < 4.78 is 9.02. The van der Waals surface area contributed by atoms with Crippen LogP contribution in [0.4, 0.5) is 0 Å². The highest BCUT2D eigenvalue weighted by molar-refractivity contribution is 7.26. The van der Waals surface area contributed by atoms with E-state index in [1.807, 2.05) is 18.2 Å². The smallest absolute Gasteiger partial charge is 0.165 e. The molecule has 0 fully saturated rings. The molecule has 0 radical (unpaired) electrons. The molecule has 14 aromatic rings. The second-order valence-corrected chi connectivity index (χ2v) is 20.8. The Morgan fingerprint density at radius 2 is 0.787 bits per heavy atom. The molecule has 4 nitrogen and oxygen atoms in total. The Kier molecular flexibility index (Phi) is 9.09. The lowest BCUT2D eigenvalue weighted by molar-refractivity contribution is 0.669. The largest absolute Gasteiger partial charge is 0.456 e. The minimum Gasteiger partial charge on any atom is -0.456 e. The summed E-state index contributed by atoms with van der Waals surface area (Å²) in [4.78, 5) is 16.0. The molecule has 0 aliphatic heterocycles. The molecule has 0 amide bonds. The summed E-state index contributed by atoms with van der Waals surface area (Å²) in [5.41, 5.74) is 21.5. The van der Waals surface area contributed by atoms with Crippen molar-refractivity contribution in [2.45, 2.75) is 5.41 Å². The van der Waals surface area contributed by atoms with E-state index in [0.29, 0.717) is 17.5 Å². The van der Waals surface area contributed by atoms with Crippen LogP contribution in [0.25, 0.3) is 132 Å². The number of furan rings is 1. The molecule has 5 heteroatoms. The molecular weight excluding hydrogens is 931 g/mol. The summed E-state index contributed by atoms with van der Waals surface area (Å²) >= 11 is 1.78. The van der Waals surface area contributed by atoms with Crippen LogP contribution in [0.3, 0.4) is 0 Å². The van der Waals surface area contributed by atoms with Crippen LogP contribution in [0.15, 0.2) is 253 Å². The number of nitrogens with zero attached hydrogens (tertiary/aromatic N) is 3. The fraction of sp³-hybridized carbons (Fsp3) is 0.0143. The molecular formula is C70H41N3OS. The predicted molar refractivity (Wildman–Crippen MR) is 309 cm³/mol. The molecule has 3 aromatic heterocycles. The lowest BCUT2D eigenvalue weighted by Gasteiger charge is -2.30. The zero-order chi connectivity index (χ0) is 49.2. The third-order valence-corrected chi connectivity index (χ3v) is 17.0. The molecule has 0 bridgehead atoms. The first-order valence-corrected chi connectivity index (χ1v) is 26.3. The van der Waals surface area contributed by atoms with E-state index in [2.05, 4.69) is 231 Å². The van der Waals surface area contributed by atoms with E-state index in [4.69, 9.17) is 19.4 Å². The van der Waals surface area contributed by atoms with Gasteiger partial charge in [-0.2, -0.15) is 0 Å². The van der Waals surface area contributed by atoms with Gasteiger partial charge >= 0.3 is 0 Å². The summed E-state index contributed by atoms with van der Waals surface area (Å²) in [6.45, 7) is 0. The number of hydrogen-bond acceptors (Lipinski definition) is 5. The first-order valence-electron chi connectivity index (χ1n) is 25.5. The topological polar surface area (TPSA) is 51.8 Å². The van der Waals surface area contributed by atoms with E-state index in [1.54, 1.807) is 11.3 Å². The number of benzene rings is 11. The van der Waals surface area contributed by atoms with Gasteiger partial charge in [0.2, 0.25) is 0 Å². The van der Waals surface area contributed by atoms with E-state index in [0.717, 1.165) is 65.6 Å². The average molecular weight is 972 g/mol. The second-order valence-electron chi connectivity index (χ2n) is 19.7. The van der Waals surface area contributed by atoms with Gasteiger partial charge in [0, 0.05) is 47.6 Å². The van der Waals surface area contributed by atoms with Gasteiger partial charge in [0.1, 0.15) is 11.2 Å². The van der Waals surface area contributed by atoms with Gasteiger partial charge in [-0.25, -0.2) is 15.0 Å². The molecule has 0 atom stereocenters. The fourth-order valence-electron chi connectivity index (χ4n) is 12.5. The Morgan fingerprint density at radius 3 is 1.55 bits per heavy atom. The molecule has 75 heavy (non-hydrogen) atoms. The van der Waals surface area contributed by atoms with Crippen molar-refractivity contribution in [3.63, 3.8) is 0 Å². The van der Waals surface area contributed by atoms with Crippen LogP contribution in [-0.2, 0) is 5.41 Å². The van der Waals surface area contributed by atoms with Crippen LogP contribution < -0.4 is 0 Å². The second kappa shape index (κ2) is 16.2. The lowest BCUT2D eigenvalue weighted by Crippen LogP contribution is -2.25. The summed E-state index contributed by atoms with van der Waals surface area (Å²) in [5, 5.41) is 4.40. The van der Waals surface area contributed by atoms with E-state index in [9.17, 15) is 0 Å². The van der Waals surface area contributed by atoms with Gasteiger partial charge in [-0.3, -0.25) is 0 Å². The molecule has 348 valence electrons. The molecule has 2 aliphatic carbocycles. The number of fused-ring (bicyclic) bond motifs is 16. The molecule has 0 unspecified atom stereocenters. The van der Waals surface area contributed by atoms with Crippen LogP contribution >= 0.6 is 11.3 Å². The maximum Gasteiger partial charge on any atom is 0.165 e. The number of aromatic nitrogens is 3. The zero-order valence-corrected chi connectivity index (χ0v) is 41.1. The van der Waals surface area contributed by atoms with Crippen molar-refractivity contribution in [1.29, 1.82) is 0 Å². The first-order chi connectivity index (χ1) is 37.2. The first kappa shape index (κ1) is 42.0.